The van der Waals surface area contributed by atoms with Crippen molar-refractivity contribution in [3.05, 3.63) is 425 Å². The van der Waals surface area contributed by atoms with Gasteiger partial charge >= 0.3 is 0 Å². The second kappa shape index (κ2) is 38.1. The first kappa shape index (κ1) is 77.5. The van der Waals surface area contributed by atoms with E-state index in [-0.39, 0.29) is 11.5 Å². The molecule has 0 heterocycles. The summed E-state index contributed by atoms with van der Waals surface area (Å²) in [7, 11) is -2.37. The maximum absolute atomic E-state index is 11.3. The monoisotopic (exact) mass is 1480 g/mol. The molecule has 550 valence electrons. The minimum Gasteiger partial charge on any atom is -0.507 e. The predicted octanol–water partition coefficient (Wildman–Crippen LogP) is 23.0. The van der Waals surface area contributed by atoms with Gasteiger partial charge in [-0.1, -0.05) is 280 Å². The Morgan fingerprint density at radius 2 is 0.625 bits per heavy atom. The molecule has 11 heteroatoms. The van der Waals surface area contributed by atoms with Gasteiger partial charge in [-0.3, -0.25) is 25.0 Å². The van der Waals surface area contributed by atoms with Gasteiger partial charge < -0.3 is 25.5 Å². The molecule has 15 aromatic rings. The van der Waals surface area contributed by atoms with Crippen LogP contribution >= 0.6 is 0 Å². The van der Waals surface area contributed by atoms with Gasteiger partial charge in [0.25, 0.3) is 0 Å². The minimum absolute atomic E-state index is 0.256. The van der Waals surface area contributed by atoms with Crippen molar-refractivity contribution in [2.24, 2.45) is 25.0 Å². The van der Waals surface area contributed by atoms with Gasteiger partial charge in [0.05, 0.1) is 28.4 Å². The zero-order valence-electron chi connectivity index (χ0n) is 63.2. The molecule has 0 fully saturated rings. The number of hydrogen-bond donors (Lipinski definition) is 5. The van der Waals surface area contributed by atoms with Crippen LogP contribution in [0.4, 0.5) is 28.4 Å². The van der Waals surface area contributed by atoms with Crippen molar-refractivity contribution < 1.29 is 25.5 Å². The van der Waals surface area contributed by atoms with Gasteiger partial charge in [-0.05, 0) is 202 Å². The van der Waals surface area contributed by atoms with Crippen molar-refractivity contribution in [1.82, 2.24) is 0 Å². The van der Waals surface area contributed by atoms with Crippen molar-refractivity contribution in [2.45, 2.75) is 40.7 Å². The molecule has 0 saturated heterocycles. The first-order valence-electron chi connectivity index (χ1n) is 37.1. The Labute approximate surface area is 657 Å². The van der Waals surface area contributed by atoms with Crippen LogP contribution in [0.2, 0.25) is 6.55 Å². The Kier molecular flexibility index (Phi) is 26.4. The van der Waals surface area contributed by atoms with Gasteiger partial charge in [0.2, 0.25) is 0 Å². The quantitative estimate of drug-likeness (QED) is 0.0391. The average molecular weight is 1480 g/mol. The Balaban J connectivity index is 0.000000132. The fourth-order valence-electron chi connectivity index (χ4n) is 13.1. The number of benzene rings is 15. The maximum Gasteiger partial charge on any atom is 0.150 e. The number of aromatic hydroxyl groups is 5. The van der Waals surface area contributed by atoms with Crippen molar-refractivity contribution >= 4 is 83.1 Å². The molecule has 0 atom stereocenters. The number of aryl methyl sites for hydroxylation is 4. The van der Waals surface area contributed by atoms with Crippen LogP contribution in [0.5, 0.6) is 28.7 Å². The average Bonchev–Trinajstić information content (AvgIpc) is 0.916. The zero-order chi connectivity index (χ0) is 78.0. The third-order valence-electron chi connectivity index (χ3n) is 19.4. The SMILES string of the molecule is C[Si](c1ccccc1)(c1ccccc1)c1cccc(C=Nc2ccccc2)c1O.Cc1cc(-c2ccccc2)cc(C=Nc2ccccc2)c1O.Cc1cccc(C=Nc2ccccc2)c1O.Cc1ccccc1N=Cc1cccc(C)c1O.Oc1c(C=Nc2ccc3c(c2)Cc2ccccc2-3)cccc1-c1ccccc1. The maximum atomic E-state index is 11.3. The highest BCUT2D eigenvalue weighted by Gasteiger charge is 2.37. The largest absolute Gasteiger partial charge is 0.507 e. The van der Waals surface area contributed by atoms with Gasteiger partial charge in [-0.15, -0.1) is 0 Å². The number of phenols is 5. The summed E-state index contributed by atoms with van der Waals surface area (Å²) in [6.07, 6.45) is 9.53. The van der Waals surface area contributed by atoms with Gasteiger partial charge in [-0.25, -0.2) is 0 Å². The number of fused-ring (bicyclic) bond motifs is 3. The number of rotatable bonds is 15. The molecule has 0 radical (unpaired) electrons. The first-order chi connectivity index (χ1) is 54.7. The van der Waals surface area contributed by atoms with Crippen LogP contribution in [0.3, 0.4) is 0 Å². The topological polar surface area (TPSA) is 163 Å². The van der Waals surface area contributed by atoms with Crippen LogP contribution in [0.15, 0.2) is 389 Å². The summed E-state index contributed by atoms with van der Waals surface area (Å²) in [6, 6.07) is 120. The van der Waals surface area contributed by atoms with Gasteiger partial charge in [0.1, 0.15) is 36.8 Å². The molecule has 16 rings (SSSR count). The summed E-state index contributed by atoms with van der Waals surface area (Å²) in [6.45, 7) is 9.96. The molecular formula is C101H87N5O5Si. The highest BCUT2D eigenvalue weighted by molar-refractivity contribution is 7.11. The lowest BCUT2D eigenvalue weighted by Gasteiger charge is -2.30. The molecule has 0 amide bonds. The summed E-state index contributed by atoms with van der Waals surface area (Å²) in [5.41, 5.74) is 21.1. The lowest BCUT2D eigenvalue weighted by molar-refractivity contribution is 0.470. The van der Waals surface area contributed by atoms with Gasteiger partial charge in [0, 0.05) is 64.5 Å². The van der Waals surface area contributed by atoms with E-state index >= 15 is 0 Å². The van der Waals surface area contributed by atoms with Crippen molar-refractivity contribution in [3.8, 4) is 62.1 Å². The number of hydrogen-bond acceptors (Lipinski definition) is 10. The third kappa shape index (κ3) is 20.0. The van der Waals surface area contributed by atoms with E-state index in [1.54, 1.807) is 31.1 Å². The van der Waals surface area contributed by atoms with E-state index in [0.29, 0.717) is 22.8 Å². The van der Waals surface area contributed by atoms with Crippen molar-refractivity contribution in [1.29, 1.82) is 0 Å². The Hall–Kier alpha value is -14.1. The smallest absolute Gasteiger partial charge is 0.150 e. The second-order valence-corrected chi connectivity index (χ2v) is 31.0. The lowest BCUT2D eigenvalue weighted by atomic mass is 9.99. The summed E-state index contributed by atoms with van der Waals surface area (Å²) in [5, 5.41) is 55.4. The number of nitrogens with zero attached hydrogens (tertiary/aromatic N) is 5. The van der Waals surface area contributed by atoms with E-state index in [1.807, 2.05) is 289 Å². The van der Waals surface area contributed by atoms with Crippen LogP contribution in [0.25, 0.3) is 33.4 Å². The predicted molar refractivity (Wildman–Crippen MR) is 470 cm³/mol. The highest BCUT2D eigenvalue weighted by atomic mass is 28.3. The number of phenolic OH excluding ortho intramolecular Hbond substituents is 5. The molecule has 112 heavy (non-hydrogen) atoms. The van der Waals surface area contributed by atoms with Crippen LogP contribution in [-0.4, -0.2) is 64.7 Å². The van der Waals surface area contributed by atoms with E-state index in [0.717, 1.165) is 107 Å². The molecule has 10 nitrogen and oxygen atoms in total. The molecule has 1 aliphatic carbocycles. The lowest BCUT2D eigenvalue weighted by Crippen LogP contribution is -2.64. The number of para-hydroxylation sites is 8. The standard InChI is InChI=1S/C26H23NOSi.C26H19NO.C20H17NO.C15H15NO.C14H13NO/c1-29(23-15-7-3-8-16-23,24-17-9-4-10-18-24)25-19-11-12-21(26(25)28)20-27-22-13-5-2-6-14-22;28-26-20(10-6-12-25(26)18-7-2-1-3-8-18)17-27-22-13-14-24-21(16-22)15-19-9-4-5-11-23(19)24;1-15-12-17(16-8-4-2-5-9-16)13-18(20(15)22)14-21-19-10-6-3-7-11-19;1-11-6-3-4-9-14(11)16-10-13-8-5-7-12(2)15(13)17;1-11-6-5-7-12(14(11)16)10-15-13-8-3-2-4-9-13/h2-20,28H,1H3;1-14,16-17,28H,15H2;2-14,22H,1H3;3-10,17H,1-2H3;2-10,16H,1H3. The van der Waals surface area contributed by atoms with Crippen LogP contribution < -0.4 is 15.6 Å². The van der Waals surface area contributed by atoms with Crippen LogP contribution in [-0.2, 0) is 6.42 Å². The molecule has 15 aromatic carbocycles. The molecule has 0 aliphatic heterocycles. The molecule has 5 N–H and O–H groups in total. The minimum atomic E-state index is -2.37. The molecule has 0 saturated carbocycles. The van der Waals surface area contributed by atoms with Gasteiger partial charge in [0.15, 0.2) is 0 Å². The van der Waals surface area contributed by atoms with E-state index in [1.165, 1.54) is 32.6 Å². The van der Waals surface area contributed by atoms with E-state index in [9.17, 15) is 25.5 Å². The third-order valence-corrected chi connectivity index (χ3v) is 23.8. The van der Waals surface area contributed by atoms with Crippen molar-refractivity contribution in [3.63, 3.8) is 0 Å². The van der Waals surface area contributed by atoms with E-state index < -0.39 is 8.07 Å². The first-order valence-corrected chi connectivity index (χ1v) is 39.6. The normalized spacial score (nSPS) is 11.4. The second-order valence-electron chi connectivity index (χ2n) is 27.1. The summed E-state index contributed by atoms with van der Waals surface area (Å²) in [5.74, 6) is 1.44. The van der Waals surface area contributed by atoms with E-state index in [4.69, 9.17) is 0 Å². The fourth-order valence-corrected chi connectivity index (χ4v) is 16.8. The van der Waals surface area contributed by atoms with Crippen LogP contribution in [0, 0.1) is 27.7 Å². The summed E-state index contributed by atoms with van der Waals surface area (Å²) in [4.78, 5) is 22.3. The van der Waals surface area contributed by atoms with Crippen LogP contribution in [0.1, 0.15) is 61.2 Å². The molecule has 0 aromatic heterocycles. The molecule has 0 spiro atoms. The molecule has 1 aliphatic rings. The van der Waals surface area contributed by atoms with E-state index in [2.05, 4.69) is 135 Å². The fraction of sp³-hybridized carbons (Fsp3) is 0.0594. The Bertz CT molecular complexity index is 5740. The van der Waals surface area contributed by atoms with Crippen molar-refractivity contribution in [2.75, 3.05) is 0 Å². The highest BCUT2D eigenvalue weighted by Crippen LogP contribution is 2.39. The summed E-state index contributed by atoms with van der Waals surface area (Å²) >= 11 is 0. The Morgan fingerprint density at radius 1 is 0.250 bits per heavy atom. The summed E-state index contributed by atoms with van der Waals surface area (Å²) < 4.78 is 0. The molecular weight excluding hydrogens is 1390 g/mol. The molecule has 0 bridgehead atoms. The zero-order valence-corrected chi connectivity index (χ0v) is 64.2. The number of aliphatic imine (C=N–C) groups is 5. The van der Waals surface area contributed by atoms with Gasteiger partial charge in [-0.2, -0.15) is 0 Å². The molecule has 0 unspecified atom stereocenters. The Morgan fingerprint density at radius 3 is 1.15 bits per heavy atom.